The summed E-state index contributed by atoms with van der Waals surface area (Å²) in [5, 5.41) is 8.42. The van der Waals surface area contributed by atoms with Crippen LogP contribution in [0.1, 0.15) is 108 Å². The standard InChI is InChI=1S/C32H40FN5O4/c1-30(2,3)28-35-29(42-37-28)32-11-8-31(9-12-32,10-13-32)19-38(27(39)21-6-14-40-15-7-21)24-17-22(16-23(33)18-24)26-34-25(36-41-26)20-4-5-20/h16-18,20-21H,4-15,19H2,1-3H3. The summed E-state index contributed by atoms with van der Waals surface area (Å²) in [6.45, 7) is 7.98. The summed E-state index contributed by atoms with van der Waals surface area (Å²) < 4.78 is 32.1. The molecule has 0 atom stereocenters. The minimum Gasteiger partial charge on any atom is -0.381 e. The van der Waals surface area contributed by atoms with E-state index in [9.17, 15) is 4.79 Å². The largest absolute Gasteiger partial charge is 0.381 e. The molecule has 9 nitrogen and oxygen atoms in total. The van der Waals surface area contributed by atoms with Crippen LogP contribution in [-0.4, -0.2) is 45.9 Å². The molecule has 1 aromatic carbocycles. The lowest BCUT2D eigenvalue weighted by molar-refractivity contribution is -0.126. The van der Waals surface area contributed by atoms with Gasteiger partial charge in [0.25, 0.3) is 5.89 Å². The normalized spacial score (nSPS) is 26.5. The predicted molar refractivity (Wildman–Crippen MR) is 152 cm³/mol. The highest BCUT2D eigenvalue weighted by Crippen LogP contribution is 2.58. The Labute approximate surface area is 245 Å². The quantitative estimate of drug-likeness (QED) is 0.314. The Kier molecular flexibility index (Phi) is 6.75. The van der Waals surface area contributed by atoms with Crippen molar-refractivity contribution >= 4 is 11.6 Å². The van der Waals surface area contributed by atoms with Gasteiger partial charge in [0.05, 0.1) is 0 Å². The zero-order valence-electron chi connectivity index (χ0n) is 24.8. The maximum Gasteiger partial charge on any atom is 0.258 e. The number of carbonyl (C=O) groups excluding carboxylic acids is 1. The van der Waals surface area contributed by atoms with Crippen molar-refractivity contribution in [2.24, 2.45) is 11.3 Å². The summed E-state index contributed by atoms with van der Waals surface area (Å²) in [5.41, 5.74) is 0.740. The second-order valence-electron chi connectivity index (χ2n) is 14.2. The van der Waals surface area contributed by atoms with Crippen molar-refractivity contribution in [3.63, 3.8) is 0 Å². The number of amides is 1. The van der Waals surface area contributed by atoms with Gasteiger partial charge in [-0.25, -0.2) is 4.39 Å². The Morgan fingerprint density at radius 1 is 0.952 bits per heavy atom. The van der Waals surface area contributed by atoms with E-state index >= 15 is 4.39 Å². The number of nitrogens with zero attached hydrogens (tertiary/aromatic N) is 5. The van der Waals surface area contributed by atoms with Crippen molar-refractivity contribution in [1.29, 1.82) is 0 Å². The number of hydrogen-bond donors (Lipinski definition) is 0. The number of carbonyl (C=O) groups is 1. The van der Waals surface area contributed by atoms with Gasteiger partial charge in [-0.1, -0.05) is 31.1 Å². The van der Waals surface area contributed by atoms with Gasteiger partial charge < -0.3 is 18.7 Å². The molecule has 5 fully saturated rings. The van der Waals surface area contributed by atoms with Crippen molar-refractivity contribution in [3.05, 3.63) is 41.6 Å². The number of benzene rings is 1. The smallest absolute Gasteiger partial charge is 0.258 e. The van der Waals surface area contributed by atoms with Crippen LogP contribution in [0.15, 0.2) is 27.2 Å². The molecule has 5 aliphatic rings. The first-order chi connectivity index (χ1) is 20.1. The van der Waals surface area contributed by atoms with Gasteiger partial charge >= 0.3 is 0 Å². The lowest BCUT2D eigenvalue weighted by Crippen LogP contribution is -2.52. The van der Waals surface area contributed by atoms with E-state index in [0.717, 1.165) is 63.1 Å². The zero-order valence-corrected chi connectivity index (χ0v) is 24.8. The van der Waals surface area contributed by atoms with Gasteiger partial charge in [0.1, 0.15) is 5.82 Å². The van der Waals surface area contributed by atoms with Crippen LogP contribution < -0.4 is 4.90 Å². The van der Waals surface area contributed by atoms with Crippen molar-refractivity contribution in [2.45, 2.75) is 102 Å². The average Bonchev–Trinajstić information content (AvgIpc) is 3.48. The van der Waals surface area contributed by atoms with Crippen molar-refractivity contribution < 1.29 is 23.0 Å². The third-order valence-electron chi connectivity index (χ3n) is 10.1. The first kappa shape index (κ1) is 27.7. The maximum atomic E-state index is 15.2. The highest BCUT2D eigenvalue weighted by atomic mass is 19.1. The Balaban J connectivity index is 1.16. The van der Waals surface area contributed by atoms with Crippen LogP contribution in [0.4, 0.5) is 10.1 Å². The molecule has 42 heavy (non-hydrogen) atoms. The molecule has 2 bridgehead atoms. The Morgan fingerprint density at radius 2 is 1.67 bits per heavy atom. The molecule has 4 aliphatic carbocycles. The van der Waals surface area contributed by atoms with Crippen LogP contribution in [0.25, 0.3) is 11.5 Å². The third-order valence-corrected chi connectivity index (χ3v) is 10.1. The molecule has 1 aliphatic heterocycles. The minimum atomic E-state index is -0.423. The van der Waals surface area contributed by atoms with E-state index in [0.29, 0.717) is 61.5 Å². The second kappa shape index (κ2) is 10.2. The number of hydrogen-bond acceptors (Lipinski definition) is 8. The number of halogens is 1. The lowest BCUT2D eigenvalue weighted by atomic mass is 9.53. The highest BCUT2D eigenvalue weighted by molar-refractivity contribution is 5.95. The first-order valence-corrected chi connectivity index (χ1v) is 15.5. The molecule has 10 heteroatoms. The summed E-state index contributed by atoms with van der Waals surface area (Å²) in [6, 6.07) is 4.72. The van der Waals surface area contributed by atoms with Gasteiger partial charge in [-0.15, -0.1) is 0 Å². The van der Waals surface area contributed by atoms with Gasteiger partial charge in [0.15, 0.2) is 11.6 Å². The molecule has 0 unspecified atom stereocenters. The highest BCUT2D eigenvalue weighted by Gasteiger charge is 2.53. The maximum absolute atomic E-state index is 15.2. The molecular formula is C32H40FN5O4. The minimum absolute atomic E-state index is 0.0440. The third kappa shape index (κ3) is 5.16. The summed E-state index contributed by atoms with van der Waals surface area (Å²) in [5.74, 6) is 2.28. The molecule has 8 rings (SSSR count). The van der Waals surface area contributed by atoms with Crippen molar-refractivity contribution in [1.82, 2.24) is 20.3 Å². The van der Waals surface area contributed by atoms with Crippen LogP contribution in [0.5, 0.6) is 0 Å². The monoisotopic (exact) mass is 577 g/mol. The number of aromatic nitrogens is 4. The lowest BCUT2D eigenvalue weighted by Gasteiger charge is -2.53. The van der Waals surface area contributed by atoms with Gasteiger partial charge in [0, 0.05) is 53.7 Å². The molecule has 1 amide bonds. The van der Waals surface area contributed by atoms with E-state index < -0.39 is 5.82 Å². The number of fused-ring (bicyclic) bond motifs is 3. The van der Waals surface area contributed by atoms with Gasteiger partial charge in [0.2, 0.25) is 11.8 Å². The fourth-order valence-corrected chi connectivity index (χ4v) is 7.07. The van der Waals surface area contributed by atoms with E-state index in [1.807, 2.05) is 11.0 Å². The van der Waals surface area contributed by atoms with E-state index in [1.165, 1.54) is 12.1 Å². The van der Waals surface area contributed by atoms with Gasteiger partial charge in [-0.05, 0) is 87.8 Å². The van der Waals surface area contributed by atoms with E-state index in [2.05, 4.69) is 36.1 Å². The van der Waals surface area contributed by atoms with E-state index in [4.69, 9.17) is 18.8 Å². The average molecular weight is 578 g/mol. The van der Waals surface area contributed by atoms with Crippen molar-refractivity contribution in [3.8, 4) is 11.5 Å². The first-order valence-electron chi connectivity index (χ1n) is 15.5. The molecule has 224 valence electrons. The number of anilines is 1. The van der Waals surface area contributed by atoms with E-state index in [1.54, 1.807) is 0 Å². The summed E-state index contributed by atoms with van der Waals surface area (Å²) in [4.78, 5) is 25.4. The zero-order chi connectivity index (χ0) is 29.1. The fourth-order valence-electron chi connectivity index (χ4n) is 7.07. The molecule has 2 aromatic heterocycles. The number of ether oxygens (including phenoxy) is 1. The van der Waals surface area contributed by atoms with Crippen LogP contribution in [0.3, 0.4) is 0 Å². The molecule has 0 spiro atoms. The van der Waals surface area contributed by atoms with Crippen molar-refractivity contribution in [2.75, 3.05) is 24.7 Å². The Hall–Kier alpha value is -3.14. The molecular weight excluding hydrogens is 537 g/mol. The molecule has 3 aromatic rings. The Bertz CT molecular complexity index is 1440. The number of rotatable bonds is 7. The fraction of sp³-hybridized carbons (Fsp3) is 0.656. The summed E-state index contributed by atoms with van der Waals surface area (Å²) >= 11 is 0. The molecule has 0 radical (unpaired) electrons. The van der Waals surface area contributed by atoms with Crippen LogP contribution in [0.2, 0.25) is 0 Å². The summed E-state index contributed by atoms with van der Waals surface area (Å²) in [7, 11) is 0. The molecule has 1 saturated heterocycles. The SMILES string of the molecule is CC(C)(C)c1noc(C23CCC(CN(C(=O)C4CCOCC4)c4cc(F)cc(-c5nc(C6CC6)no5)c4)(CC2)CC3)n1. The predicted octanol–water partition coefficient (Wildman–Crippen LogP) is 6.49. The topological polar surface area (TPSA) is 107 Å². The van der Waals surface area contributed by atoms with Gasteiger partial charge in [-0.2, -0.15) is 9.97 Å². The summed E-state index contributed by atoms with van der Waals surface area (Å²) in [6.07, 6.45) is 9.14. The van der Waals surface area contributed by atoms with E-state index in [-0.39, 0.29) is 28.1 Å². The molecule has 3 heterocycles. The van der Waals surface area contributed by atoms with Gasteiger partial charge in [-0.3, -0.25) is 4.79 Å². The molecule has 0 N–H and O–H groups in total. The Morgan fingerprint density at radius 3 is 2.31 bits per heavy atom. The van der Waals surface area contributed by atoms with Crippen LogP contribution in [-0.2, 0) is 20.4 Å². The van der Waals surface area contributed by atoms with Crippen LogP contribution >= 0.6 is 0 Å². The molecule has 4 saturated carbocycles. The van der Waals surface area contributed by atoms with Crippen LogP contribution in [0, 0.1) is 17.2 Å². The second-order valence-corrected chi connectivity index (χ2v) is 14.2.